The molecule has 0 bridgehead atoms. The molecule has 1 N–H and O–H groups in total. The van der Waals surface area contributed by atoms with Crippen LogP contribution in [0, 0.1) is 6.92 Å². The van der Waals surface area contributed by atoms with Crippen molar-refractivity contribution in [3.05, 3.63) is 58.1 Å². The molecule has 2 rings (SSSR count). The highest BCUT2D eigenvalue weighted by Gasteiger charge is 2.08. The summed E-state index contributed by atoms with van der Waals surface area (Å²) in [6.45, 7) is 4.76. The standard InChI is InChI=1S/C16H17Cl2NO/c1-11-4-3-5-14(8-11)19-10-12(2)20-16-7-6-13(17)9-15(16)18/h3-9,12,19H,10H2,1-2H3. The molecule has 20 heavy (non-hydrogen) atoms. The maximum absolute atomic E-state index is 6.08. The minimum atomic E-state index is -0.00538. The predicted molar refractivity (Wildman–Crippen MR) is 86.2 cm³/mol. The molecular formula is C16H17Cl2NO. The van der Waals surface area contributed by atoms with Gasteiger partial charge in [0.25, 0.3) is 0 Å². The lowest BCUT2D eigenvalue weighted by Gasteiger charge is -2.17. The summed E-state index contributed by atoms with van der Waals surface area (Å²) >= 11 is 11.9. The quantitative estimate of drug-likeness (QED) is 0.821. The van der Waals surface area contributed by atoms with Gasteiger partial charge in [-0.25, -0.2) is 0 Å². The third kappa shape index (κ3) is 4.32. The van der Waals surface area contributed by atoms with Gasteiger partial charge in [0, 0.05) is 10.7 Å². The highest BCUT2D eigenvalue weighted by atomic mass is 35.5. The molecule has 0 aromatic heterocycles. The number of halogens is 2. The van der Waals surface area contributed by atoms with E-state index in [1.165, 1.54) is 5.56 Å². The van der Waals surface area contributed by atoms with Crippen LogP contribution in [-0.2, 0) is 0 Å². The Morgan fingerprint density at radius 1 is 1.15 bits per heavy atom. The van der Waals surface area contributed by atoms with Gasteiger partial charge in [-0.05, 0) is 49.7 Å². The third-order valence-corrected chi connectivity index (χ3v) is 3.36. The molecule has 2 aromatic carbocycles. The highest BCUT2D eigenvalue weighted by Crippen LogP contribution is 2.28. The van der Waals surface area contributed by atoms with E-state index in [4.69, 9.17) is 27.9 Å². The lowest BCUT2D eigenvalue weighted by molar-refractivity contribution is 0.235. The van der Waals surface area contributed by atoms with Crippen molar-refractivity contribution in [3.8, 4) is 5.75 Å². The second-order valence-electron chi connectivity index (χ2n) is 4.75. The minimum absolute atomic E-state index is 0.00538. The Morgan fingerprint density at radius 3 is 2.65 bits per heavy atom. The lowest BCUT2D eigenvalue weighted by Crippen LogP contribution is -2.22. The van der Waals surface area contributed by atoms with Crippen LogP contribution in [0.4, 0.5) is 5.69 Å². The molecule has 0 aliphatic rings. The molecule has 1 unspecified atom stereocenters. The summed E-state index contributed by atoms with van der Waals surface area (Å²) < 4.78 is 5.80. The number of benzene rings is 2. The number of rotatable bonds is 5. The van der Waals surface area contributed by atoms with E-state index in [1.807, 2.05) is 19.1 Å². The van der Waals surface area contributed by atoms with Gasteiger partial charge in [-0.15, -0.1) is 0 Å². The summed E-state index contributed by atoms with van der Waals surface area (Å²) in [5.74, 6) is 0.648. The Kier molecular flexibility index (Phi) is 5.16. The topological polar surface area (TPSA) is 21.3 Å². The largest absolute Gasteiger partial charge is 0.487 e. The molecule has 2 aromatic rings. The van der Waals surface area contributed by atoms with Crippen molar-refractivity contribution in [1.29, 1.82) is 0 Å². The zero-order valence-corrected chi connectivity index (χ0v) is 13.0. The summed E-state index contributed by atoms with van der Waals surface area (Å²) in [6, 6.07) is 13.5. The van der Waals surface area contributed by atoms with Crippen LogP contribution in [0.5, 0.6) is 5.75 Å². The maximum atomic E-state index is 6.08. The monoisotopic (exact) mass is 309 g/mol. The van der Waals surface area contributed by atoms with Crippen molar-refractivity contribution in [2.45, 2.75) is 20.0 Å². The SMILES string of the molecule is Cc1cccc(NCC(C)Oc2ccc(Cl)cc2Cl)c1. The molecule has 0 heterocycles. The molecule has 0 spiro atoms. The molecule has 0 aliphatic heterocycles. The van der Waals surface area contributed by atoms with Gasteiger partial charge in [-0.1, -0.05) is 35.3 Å². The summed E-state index contributed by atoms with van der Waals surface area (Å²) in [4.78, 5) is 0. The molecular weight excluding hydrogens is 293 g/mol. The van der Waals surface area contributed by atoms with Crippen LogP contribution in [0.1, 0.15) is 12.5 Å². The highest BCUT2D eigenvalue weighted by molar-refractivity contribution is 6.35. The number of nitrogens with one attached hydrogen (secondary N) is 1. The first kappa shape index (κ1) is 15.0. The fourth-order valence-electron chi connectivity index (χ4n) is 1.85. The number of hydrogen-bond acceptors (Lipinski definition) is 2. The van der Waals surface area contributed by atoms with E-state index in [9.17, 15) is 0 Å². The van der Waals surface area contributed by atoms with Crippen molar-refractivity contribution >= 4 is 28.9 Å². The van der Waals surface area contributed by atoms with Gasteiger partial charge in [-0.2, -0.15) is 0 Å². The average molecular weight is 310 g/mol. The fourth-order valence-corrected chi connectivity index (χ4v) is 2.30. The Labute approximate surface area is 129 Å². The first-order chi connectivity index (χ1) is 9.54. The summed E-state index contributed by atoms with van der Waals surface area (Å²) in [7, 11) is 0. The van der Waals surface area contributed by atoms with Gasteiger partial charge in [0.1, 0.15) is 11.9 Å². The molecule has 106 valence electrons. The van der Waals surface area contributed by atoms with E-state index in [2.05, 4.69) is 24.4 Å². The zero-order valence-electron chi connectivity index (χ0n) is 11.5. The van der Waals surface area contributed by atoms with Gasteiger partial charge >= 0.3 is 0 Å². The summed E-state index contributed by atoms with van der Waals surface area (Å²) in [6.07, 6.45) is -0.00538. The number of hydrogen-bond donors (Lipinski definition) is 1. The predicted octanol–water partition coefficient (Wildman–Crippen LogP) is 5.18. The molecule has 0 amide bonds. The Hall–Kier alpha value is -1.38. The van der Waals surface area contributed by atoms with Gasteiger partial charge in [0.15, 0.2) is 0 Å². The lowest BCUT2D eigenvalue weighted by atomic mass is 10.2. The van der Waals surface area contributed by atoms with Crippen molar-refractivity contribution in [3.63, 3.8) is 0 Å². The third-order valence-electron chi connectivity index (χ3n) is 2.83. The Balaban J connectivity index is 1.90. The number of ether oxygens (including phenoxy) is 1. The van der Waals surface area contributed by atoms with E-state index >= 15 is 0 Å². The van der Waals surface area contributed by atoms with Crippen molar-refractivity contribution in [2.75, 3.05) is 11.9 Å². The van der Waals surface area contributed by atoms with Crippen LogP contribution in [0.3, 0.4) is 0 Å². The van der Waals surface area contributed by atoms with Crippen LogP contribution in [0.15, 0.2) is 42.5 Å². The molecule has 0 saturated heterocycles. The first-order valence-corrected chi connectivity index (χ1v) is 7.22. The first-order valence-electron chi connectivity index (χ1n) is 6.47. The van der Waals surface area contributed by atoms with Gasteiger partial charge < -0.3 is 10.1 Å². The number of aryl methyl sites for hydroxylation is 1. The molecule has 0 aliphatic carbocycles. The van der Waals surface area contributed by atoms with Crippen LogP contribution in [-0.4, -0.2) is 12.6 Å². The Morgan fingerprint density at radius 2 is 1.95 bits per heavy atom. The van der Waals surface area contributed by atoms with Crippen LogP contribution >= 0.6 is 23.2 Å². The van der Waals surface area contributed by atoms with Crippen molar-refractivity contribution in [1.82, 2.24) is 0 Å². The molecule has 0 radical (unpaired) electrons. The average Bonchev–Trinajstić information content (AvgIpc) is 2.40. The van der Waals surface area contributed by atoms with E-state index in [1.54, 1.807) is 18.2 Å². The van der Waals surface area contributed by atoms with E-state index in [0.29, 0.717) is 22.3 Å². The summed E-state index contributed by atoms with van der Waals surface area (Å²) in [5.41, 5.74) is 2.31. The van der Waals surface area contributed by atoms with Gasteiger partial charge in [0.2, 0.25) is 0 Å². The second kappa shape index (κ2) is 6.87. The minimum Gasteiger partial charge on any atom is -0.487 e. The Bertz CT molecular complexity index is 586. The maximum Gasteiger partial charge on any atom is 0.138 e. The molecule has 0 fully saturated rings. The van der Waals surface area contributed by atoms with E-state index in [0.717, 1.165) is 5.69 Å². The van der Waals surface area contributed by atoms with E-state index in [-0.39, 0.29) is 6.10 Å². The summed E-state index contributed by atoms with van der Waals surface area (Å²) in [5, 5.41) is 4.47. The van der Waals surface area contributed by atoms with E-state index < -0.39 is 0 Å². The molecule has 4 heteroatoms. The zero-order chi connectivity index (χ0) is 14.5. The smallest absolute Gasteiger partial charge is 0.138 e. The fraction of sp³-hybridized carbons (Fsp3) is 0.250. The second-order valence-corrected chi connectivity index (χ2v) is 5.60. The molecule has 2 nitrogen and oxygen atoms in total. The normalized spacial score (nSPS) is 12.0. The molecule has 0 saturated carbocycles. The van der Waals surface area contributed by atoms with Gasteiger partial charge in [0.05, 0.1) is 11.6 Å². The molecule has 1 atom stereocenters. The van der Waals surface area contributed by atoms with Crippen molar-refractivity contribution in [2.24, 2.45) is 0 Å². The van der Waals surface area contributed by atoms with Crippen LogP contribution < -0.4 is 10.1 Å². The van der Waals surface area contributed by atoms with Gasteiger partial charge in [-0.3, -0.25) is 0 Å². The number of anilines is 1. The van der Waals surface area contributed by atoms with Crippen molar-refractivity contribution < 1.29 is 4.74 Å². The van der Waals surface area contributed by atoms with Crippen LogP contribution in [0.2, 0.25) is 10.0 Å². The van der Waals surface area contributed by atoms with Crippen LogP contribution in [0.25, 0.3) is 0 Å².